The van der Waals surface area contributed by atoms with Gasteiger partial charge in [0.2, 0.25) is 0 Å². The summed E-state index contributed by atoms with van der Waals surface area (Å²) in [5, 5.41) is 3.09. The van der Waals surface area contributed by atoms with E-state index in [-0.39, 0.29) is 0 Å². The van der Waals surface area contributed by atoms with Gasteiger partial charge in [0.25, 0.3) is 0 Å². The molecular formula is C18H25N5O2. The van der Waals surface area contributed by atoms with Crippen LogP contribution in [0.5, 0.6) is 11.5 Å². The lowest BCUT2D eigenvalue weighted by Gasteiger charge is -2.11. The van der Waals surface area contributed by atoms with Gasteiger partial charge in [-0.05, 0) is 18.1 Å². The average Bonchev–Trinajstić information content (AvgIpc) is 2.87. The van der Waals surface area contributed by atoms with Crippen molar-refractivity contribution in [3.8, 4) is 11.5 Å². The third-order valence-electron chi connectivity index (χ3n) is 3.77. The number of benzene rings is 1. The molecule has 3 N–H and O–H groups in total. The minimum absolute atomic E-state index is 0.341. The van der Waals surface area contributed by atoms with Gasteiger partial charge < -0.3 is 25.1 Å². The van der Waals surface area contributed by atoms with Crippen LogP contribution in [-0.4, -0.2) is 28.7 Å². The van der Waals surface area contributed by atoms with Crippen LogP contribution in [0.25, 0.3) is 0 Å². The number of nitrogens with two attached hydrogens (primary N) is 1. The number of fused-ring (bicyclic) bond motifs is 1. The third kappa shape index (κ3) is 4.65. The minimum atomic E-state index is 0.341. The summed E-state index contributed by atoms with van der Waals surface area (Å²) >= 11 is 0. The predicted octanol–water partition coefficient (Wildman–Crippen LogP) is 2.63. The number of hydrogen-bond acceptors (Lipinski definition) is 4. The fraction of sp³-hybridized carbons (Fsp3) is 0.444. The first kappa shape index (κ1) is 17.1. The van der Waals surface area contributed by atoms with E-state index in [1.54, 1.807) is 6.20 Å². The summed E-state index contributed by atoms with van der Waals surface area (Å²) in [6.45, 7) is 7.02. The Kier molecular flexibility index (Phi) is 5.42. The van der Waals surface area contributed by atoms with Crippen molar-refractivity contribution >= 4 is 11.6 Å². The molecule has 0 amide bonds. The van der Waals surface area contributed by atoms with Crippen LogP contribution in [0.2, 0.25) is 0 Å². The maximum atomic E-state index is 6.01. The van der Waals surface area contributed by atoms with E-state index in [2.05, 4.69) is 33.7 Å². The maximum Gasteiger partial charge on any atom is 0.193 e. The molecule has 7 heteroatoms. The molecule has 1 aromatic carbocycles. The first-order chi connectivity index (χ1) is 12.1. The molecular weight excluding hydrogens is 318 g/mol. The smallest absolute Gasteiger partial charge is 0.193 e. The van der Waals surface area contributed by atoms with Crippen molar-refractivity contribution in [3.63, 3.8) is 0 Å². The van der Waals surface area contributed by atoms with E-state index in [1.165, 1.54) is 0 Å². The van der Waals surface area contributed by atoms with Gasteiger partial charge in [-0.2, -0.15) is 0 Å². The molecule has 0 saturated heterocycles. The van der Waals surface area contributed by atoms with Crippen LogP contribution in [0.15, 0.2) is 35.6 Å². The molecule has 1 aromatic heterocycles. The highest BCUT2D eigenvalue weighted by molar-refractivity contribution is 5.92. The number of hydrogen-bond donors (Lipinski definition) is 2. The lowest BCUT2D eigenvalue weighted by Crippen LogP contribution is -2.23. The van der Waals surface area contributed by atoms with Gasteiger partial charge in [-0.15, -0.1) is 0 Å². The van der Waals surface area contributed by atoms with Crippen LogP contribution in [0.1, 0.15) is 26.1 Å². The van der Waals surface area contributed by atoms with Crippen molar-refractivity contribution in [3.05, 3.63) is 36.4 Å². The van der Waals surface area contributed by atoms with Crippen LogP contribution >= 0.6 is 0 Å². The maximum absolute atomic E-state index is 6.01. The molecule has 0 spiro atoms. The second kappa shape index (κ2) is 7.92. The van der Waals surface area contributed by atoms with E-state index in [0.29, 0.717) is 31.6 Å². The number of imidazole rings is 1. The van der Waals surface area contributed by atoms with Crippen LogP contribution in [0.3, 0.4) is 0 Å². The molecule has 0 atom stereocenters. The first-order valence-electron chi connectivity index (χ1n) is 8.58. The highest BCUT2D eigenvalue weighted by Gasteiger charge is 2.11. The summed E-state index contributed by atoms with van der Waals surface area (Å²) < 4.78 is 13.4. The SMILES string of the molecule is CC(C)Cn1ccnc1CN=C(N)Nc1ccc2c(c1)OCCCO2. The summed E-state index contributed by atoms with van der Waals surface area (Å²) in [5.41, 5.74) is 6.83. The largest absolute Gasteiger partial charge is 0.490 e. The highest BCUT2D eigenvalue weighted by Crippen LogP contribution is 2.32. The van der Waals surface area contributed by atoms with Gasteiger partial charge in [0.05, 0.1) is 13.2 Å². The number of aromatic nitrogens is 2. The lowest BCUT2D eigenvalue weighted by atomic mass is 10.2. The van der Waals surface area contributed by atoms with E-state index in [1.807, 2.05) is 24.4 Å². The van der Waals surface area contributed by atoms with Gasteiger partial charge in [-0.1, -0.05) is 13.8 Å². The zero-order valence-electron chi connectivity index (χ0n) is 14.7. The van der Waals surface area contributed by atoms with Crippen LogP contribution < -0.4 is 20.5 Å². The number of anilines is 1. The number of rotatable bonds is 5. The van der Waals surface area contributed by atoms with Gasteiger partial charge in [0.1, 0.15) is 12.4 Å². The Bertz CT molecular complexity index is 739. The molecule has 0 aliphatic carbocycles. The van der Waals surface area contributed by atoms with E-state index in [0.717, 1.165) is 36.0 Å². The van der Waals surface area contributed by atoms with Crippen molar-refractivity contribution in [1.82, 2.24) is 9.55 Å². The first-order valence-corrected chi connectivity index (χ1v) is 8.58. The summed E-state index contributed by atoms with van der Waals surface area (Å²) in [4.78, 5) is 8.74. The van der Waals surface area contributed by atoms with Gasteiger partial charge in [-0.25, -0.2) is 9.98 Å². The second-order valence-electron chi connectivity index (χ2n) is 6.43. The Labute approximate surface area is 147 Å². The molecule has 0 radical (unpaired) electrons. The van der Waals surface area contributed by atoms with Gasteiger partial charge in [-0.3, -0.25) is 0 Å². The number of guanidine groups is 1. The molecule has 0 saturated carbocycles. The zero-order valence-corrected chi connectivity index (χ0v) is 14.7. The zero-order chi connectivity index (χ0) is 17.6. The summed E-state index contributed by atoms with van der Waals surface area (Å²) in [6.07, 6.45) is 4.64. The van der Waals surface area contributed by atoms with E-state index < -0.39 is 0 Å². The molecule has 0 fully saturated rings. The van der Waals surface area contributed by atoms with Gasteiger partial charge in [0.15, 0.2) is 17.5 Å². The fourth-order valence-corrected chi connectivity index (χ4v) is 2.64. The second-order valence-corrected chi connectivity index (χ2v) is 6.43. The standard InChI is InChI=1S/C18H25N5O2/c1-13(2)12-23-7-6-20-17(23)11-21-18(19)22-14-4-5-15-16(10-14)25-9-3-8-24-15/h4-7,10,13H,3,8-9,11-12H2,1-2H3,(H3,19,21,22). The molecule has 134 valence electrons. The normalized spacial score (nSPS) is 14.4. The highest BCUT2D eigenvalue weighted by atomic mass is 16.5. The van der Waals surface area contributed by atoms with E-state index in [9.17, 15) is 0 Å². The Morgan fingerprint density at radius 2 is 2.12 bits per heavy atom. The minimum Gasteiger partial charge on any atom is -0.490 e. The van der Waals surface area contributed by atoms with Gasteiger partial charge in [0, 0.05) is 37.1 Å². The third-order valence-corrected chi connectivity index (χ3v) is 3.77. The molecule has 0 bridgehead atoms. The quantitative estimate of drug-likeness (QED) is 0.644. The van der Waals surface area contributed by atoms with Crippen molar-refractivity contribution in [2.45, 2.75) is 33.4 Å². The molecule has 1 aliphatic rings. The summed E-state index contributed by atoms with van der Waals surface area (Å²) in [7, 11) is 0. The van der Waals surface area contributed by atoms with Crippen molar-refractivity contribution in [2.75, 3.05) is 18.5 Å². The predicted molar refractivity (Wildman–Crippen MR) is 98.1 cm³/mol. The molecule has 1 aliphatic heterocycles. The summed E-state index contributed by atoms with van der Waals surface area (Å²) in [5.74, 6) is 3.27. The van der Waals surface area contributed by atoms with Crippen LogP contribution in [0, 0.1) is 5.92 Å². The molecule has 0 unspecified atom stereocenters. The van der Waals surface area contributed by atoms with Crippen molar-refractivity contribution in [2.24, 2.45) is 16.6 Å². The average molecular weight is 343 g/mol. The van der Waals surface area contributed by atoms with E-state index >= 15 is 0 Å². The molecule has 25 heavy (non-hydrogen) atoms. The number of ether oxygens (including phenoxy) is 2. The van der Waals surface area contributed by atoms with Crippen molar-refractivity contribution in [1.29, 1.82) is 0 Å². The number of nitrogens with zero attached hydrogens (tertiary/aromatic N) is 3. The van der Waals surface area contributed by atoms with Gasteiger partial charge >= 0.3 is 0 Å². The molecule has 7 nitrogen and oxygen atoms in total. The topological polar surface area (TPSA) is 86.7 Å². The Balaban J connectivity index is 1.64. The Morgan fingerprint density at radius 3 is 2.92 bits per heavy atom. The van der Waals surface area contributed by atoms with Crippen LogP contribution in [-0.2, 0) is 13.1 Å². The monoisotopic (exact) mass is 343 g/mol. The fourth-order valence-electron chi connectivity index (χ4n) is 2.64. The molecule has 3 rings (SSSR count). The molecule has 2 aromatic rings. The molecule has 2 heterocycles. The van der Waals surface area contributed by atoms with E-state index in [4.69, 9.17) is 15.2 Å². The number of aliphatic imine (C=N–C) groups is 1. The van der Waals surface area contributed by atoms with Crippen LogP contribution in [0.4, 0.5) is 5.69 Å². The lowest BCUT2D eigenvalue weighted by molar-refractivity contribution is 0.297. The summed E-state index contributed by atoms with van der Waals surface area (Å²) in [6, 6.07) is 5.66. The Hall–Kier alpha value is -2.70. The number of nitrogens with one attached hydrogen (secondary N) is 1. The Morgan fingerprint density at radius 1 is 1.32 bits per heavy atom. The van der Waals surface area contributed by atoms with Crippen molar-refractivity contribution < 1.29 is 9.47 Å².